The Morgan fingerprint density at radius 3 is 2.65 bits per heavy atom. The van der Waals surface area contributed by atoms with Crippen LogP contribution in [-0.4, -0.2) is 39.7 Å². The molecule has 2 rings (SSSR count). The lowest BCUT2D eigenvalue weighted by Crippen LogP contribution is -2.48. The van der Waals surface area contributed by atoms with E-state index in [-0.39, 0.29) is 11.7 Å². The van der Waals surface area contributed by atoms with Gasteiger partial charge in [-0.3, -0.25) is 9.52 Å². The minimum atomic E-state index is -3.39. The van der Waals surface area contributed by atoms with E-state index < -0.39 is 10.0 Å². The number of hydrogen-bond donors (Lipinski definition) is 3. The second kappa shape index (κ2) is 6.23. The van der Waals surface area contributed by atoms with Crippen molar-refractivity contribution in [2.75, 3.05) is 30.1 Å². The summed E-state index contributed by atoms with van der Waals surface area (Å²) in [6.07, 6.45) is 0. The molecule has 0 saturated carbocycles. The lowest BCUT2D eigenvalue weighted by atomic mass is 10.0. The molecule has 20 heavy (non-hydrogen) atoms. The van der Waals surface area contributed by atoms with Crippen LogP contribution in [0, 0.1) is 5.92 Å². The molecule has 1 heterocycles. The predicted octanol–water partition coefficient (Wildman–Crippen LogP) is 0.397. The van der Waals surface area contributed by atoms with Gasteiger partial charge in [0.2, 0.25) is 10.0 Å². The van der Waals surface area contributed by atoms with Crippen molar-refractivity contribution in [1.29, 1.82) is 0 Å². The second-order valence-corrected chi connectivity index (χ2v) is 6.80. The first-order chi connectivity index (χ1) is 9.52. The number of amides is 1. The Hall–Kier alpha value is -1.60. The average Bonchev–Trinajstić information content (AvgIpc) is 2.37. The van der Waals surface area contributed by atoms with E-state index in [1.807, 2.05) is 0 Å². The van der Waals surface area contributed by atoms with Crippen LogP contribution in [0.2, 0.25) is 0 Å². The topological polar surface area (TPSA) is 87.3 Å². The largest absolute Gasteiger partial charge is 0.352 e. The molecule has 1 aromatic rings. The molecule has 0 atom stereocenters. The Morgan fingerprint density at radius 2 is 2.05 bits per heavy atom. The van der Waals surface area contributed by atoms with Crippen LogP contribution in [0.4, 0.5) is 5.69 Å². The number of hydrogen-bond acceptors (Lipinski definition) is 4. The molecular formula is C13H19N3O3S. The third-order valence-electron chi connectivity index (χ3n) is 3.23. The van der Waals surface area contributed by atoms with Gasteiger partial charge >= 0.3 is 0 Å². The molecule has 0 aromatic heterocycles. The van der Waals surface area contributed by atoms with Gasteiger partial charge in [0, 0.05) is 25.6 Å². The number of nitrogens with one attached hydrogen (secondary N) is 3. The smallest absolute Gasteiger partial charge is 0.253 e. The summed E-state index contributed by atoms with van der Waals surface area (Å²) in [6, 6.07) is 6.61. The van der Waals surface area contributed by atoms with Crippen LogP contribution < -0.4 is 15.4 Å². The van der Waals surface area contributed by atoms with E-state index in [2.05, 4.69) is 15.4 Å². The molecule has 6 nitrogen and oxygen atoms in total. The molecule has 0 aliphatic carbocycles. The van der Waals surface area contributed by atoms with Gasteiger partial charge < -0.3 is 10.6 Å². The van der Waals surface area contributed by atoms with Crippen molar-refractivity contribution in [3.8, 4) is 0 Å². The van der Waals surface area contributed by atoms with Gasteiger partial charge in [-0.25, -0.2) is 8.42 Å². The zero-order valence-corrected chi connectivity index (χ0v) is 12.2. The van der Waals surface area contributed by atoms with Gasteiger partial charge in [-0.2, -0.15) is 0 Å². The van der Waals surface area contributed by atoms with E-state index in [4.69, 9.17) is 0 Å². The molecule has 1 aromatic carbocycles. The Morgan fingerprint density at radius 1 is 1.35 bits per heavy atom. The van der Waals surface area contributed by atoms with Crippen molar-refractivity contribution in [3.63, 3.8) is 0 Å². The fourth-order valence-electron chi connectivity index (χ4n) is 1.83. The summed E-state index contributed by atoms with van der Waals surface area (Å²) in [5.74, 6) is 0.168. The maximum absolute atomic E-state index is 12.1. The molecular weight excluding hydrogens is 278 g/mol. The normalized spacial score (nSPS) is 15.4. The highest BCUT2D eigenvalue weighted by molar-refractivity contribution is 7.92. The number of carbonyl (C=O) groups is 1. The van der Waals surface area contributed by atoms with Gasteiger partial charge in [0.1, 0.15) is 0 Å². The van der Waals surface area contributed by atoms with Gasteiger partial charge in [-0.05, 0) is 19.1 Å². The molecule has 1 aliphatic heterocycles. The summed E-state index contributed by atoms with van der Waals surface area (Å²) in [5.41, 5.74) is 0.662. The second-order valence-electron chi connectivity index (χ2n) is 4.79. The van der Waals surface area contributed by atoms with Crippen LogP contribution in [-0.2, 0) is 10.0 Å². The summed E-state index contributed by atoms with van der Waals surface area (Å²) >= 11 is 0. The van der Waals surface area contributed by atoms with E-state index in [1.165, 1.54) is 0 Å². The van der Waals surface area contributed by atoms with Crippen LogP contribution in [0.15, 0.2) is 24.3 Å². The molecule has 0 unspecified atom stereocenters. The van der Waals surface area contributed by atoms with Crippen LogP contribution in [0.3, 0.4) is 0 Å². The summed E-state index contributed by atoms with van der Waals surface area (Å²) in [4.78, 5) is 12.1. The number of carbonyl (C=O) groups excluding carboxylic acids is 1. The lowest BCUT2D eigenvalue weighted by molar-refractivity contribution is 0.0943. The highest BCUT2D eigenvalue weighted by Crippen LogP contribution is 2.16. The van der Waals surface area contributed by atoms with E-state index in [0.29, 0.717) is 23.7 Å². The van der Waals surface area contributed by atoms with Crippen LogP contribution >= 0.6 is 0 Å². The third kappa shape index (κ3) is 3.71. The maximum atomic E-state index is 12.1. The molecule has 0 bridgehead atoms. The number of para-hydroxylation sites is 1. The molecule has 1 fully saturated rings. The third-order valence-corrected chi connectivity index (χ3v) is 4.53. The standard InChI is InChI=1S/C13H19N3O3S/c1-2-20(18,19)16-12-6-4-3-5-11(12)13(17)15-9-10-7-14-8-10/h3-6,10,14,16H,2,7-9H2,1H3,(H,15,17). The number of rotatable bonds is 6. The fraction of sp³-hybridized carbons (Fsp3) is 0.462. The first-order valence-electron chi connectivity index (χ1n) is 6.60. The number of sulfonamides is 1. The molecule has 1 saturated heterocycles. The van der Waals surface area contributed by atoms with E-state index in [9.17, 15) is 13.2 Å². The van der Waals surface area contributed by atoms with Crippen molar-refractivity contribution >= 4 is 21.6 Å². The molecule has 7 heteroatoms. The molecule has 1 amide bonds. The Labute approximate surface area is 119 Å². The number of benzene rings is 1. The summed E-state index contributed by atoms with van der Waals surface area (Å²) < 4.78 is 25.7. The van der Waals surface area contributed by atoms with Crippen molar-refractivity contribution < 1.29 is 13.2 Å². The predicted molar refractivity (Wildman–Crippen MR) is 78.2 cm³/mol. The summed E-state index contributed by atoms with van der Waals surface area (Å²) in [5, 5.41) is 5.96. The van der Waals surface area contributed by atoms with Crippen LogP contribution in [0.25, 0.3) is 0 Å². The molecule has 0 spiro atoms. The molecule has 0 radical (unpaired) electrons. The van der Waals surface area contributed by atoms with Gasteiger partial charge in [-0.15, -0.1) is 0 Å². The highest BCUT2D eigenvalue weighted by Gasteiger charge is 2.19. The fourth-order valence-corrected chi connectivity index (χ4v) is 2.49. The SMILES string of the molecule is CCS(=O)(=O)Nc1ccccc1C(=O)NCC1CNC1. The zero-order valence-electron chi connectivity index (χ0n) is 11.3. The van der Waals surface area contributed by atoms with Gasteiger partial charge in [0.15, 0.2) is 0 Å². The lowest BCUT2D eigenvalue weighted by Gasteiger charge is -2.27. The van der Waals surface area contributed by atoms with Crippen molar-refractivity contribution in [3.05, 3.63) is 29.8 Å². The molecule has 3 N–H and O–H groups in total. The molecule has 1 aliphatic rings. The Bertz CT molecular complexity index is 582. The summed E-state index contributed by atoms with van der Waals surface area (Å²) in [6.45, 7) is 3.96. The average molecular weight is 297 g/mol. The Balaban J connectivity index is 2.08. The highest BCUT2D eigenvalue weighted by atomic mass is 32.2. The monoisotopic (exact) mass is 297 g/mol. The van der Waals surface area contributed by atoms with E-state index in [0.717, 1.165) is 13.1 Å². The van der Waals surface area contributed by atoms with Crippen molar-refractivity contribution in [1.82, 2.24) is 10.6 Å². The molecule has 110 valence electrons. The minimum Gasteiger partial charge on any atom is -0.352 e. The first-order valence-corrected chi connectivity index (χ1v) is 8.25. The number of anilines is 1. The zero-order chi connectivity index (χ0) is 14.6. The first kappa shape index (κ1) is 14.8. The Kier molecular flexibility index (Phi) is 4.61. The maximum Gasteiger partial charge on any atom is 0.253 e. The quantitative estimate of drug-likeness (QED) is 0.709. The van der Waals surface area contributed by atoms with E-state index >= 15 is 0 Å². The van der Waals surface area contributed by atoms with Gasteiger partial charge in [0.05, 0.1) is 17.0 Å². The van der Waals surface area contributed by atoms with Gasteiger partial charge in [0.25, 0.3) is 5.91 Å². The summed E-state index contributed by atoms with van der Waals surface area (Å²) in [7, 11) is -3.39. The van der Waals surface area contributed by atoms with Gasteiger partial charge in [-0.1, -0.05) is 12.1 Å². The van der Waals surface area contributed by atoms with Crippen LogP contribution in [0.1, 0.15) is 17.3 Å². The van der Waals surface area contributed by atoms with Crippen molar-refractivity contribution in [2.45, 2.75) is 6.92 Å². The minimum absolute atomic E-state index is 0.0311. The van der Waals surface area contributed by atoms with Crippen LogP contribution in [0.5, 0.6) is 0 Å². The van der Waals surface area contributed by atoms with E-state index in [1.54, 1.807) is 31.2 Å². The van der Waals surface area contributed by atoms with Crippen molar-refractivity contribution in [2.24, 2.45) is 5.92 Å².